The van der Waals surface area contributed by atoms with Gasteiger partial charge in [-0.25, -0.2) is 4.99 Å². The number of ketones is 1. The summed E-state index contributed by atoms with van der Waals surface area (Å²) in [7, 11) is 1.86. The number of rotatable bonds is 4. The Morgan fingerprint density at radius 1 is 1.06 bits per heavy atom. The number of pyridine rings is 1. The third kappa shape index (κ3) is 3.24. The van der Waals surface area contributed by atoms with Crippen molar-refractivity contribution in [2.24, 2.45) is 4.99 Å². The smallest absolute Gasteiger partial charge is 0.263 e. The fourth-order valence-electron chi connectivity index (χ4n) is 4.24. The van der Waals surface area contributed by atoms with Crippen LogP contribution in [0.2, 0.25) is 0 Å². The summed E-state index contributed by atoms with van der Waals surface area (Å²) in [5.74, 6) is -0.232. The first-order valence-electron chi connectivity index (χ1n) is 10.3. The van der Waals surface area contributed by atoms with Crippen LogP contribution in [0.4, 0.5) is 0 Å². The van der Waals surface area contributed by atoms with Crippen molar-refractivity contribution in [2.45, 2.75) is 33.4 Å². The average molecular weight is 415 g/mol. The molecule has 6 heteroatoms. The summed E-state index contributed by atoms with van der Waals surface area (Å²) in [6, 6.07) is 16.3. The number of carbonyl (C=O) groups excluding carboxylic acids is 1. The Morgan fingerprint density at radius 3 is 2.39 bits per heavy atom. The van der Waals surface area contributed by atoms with Crippen LogP contribution in [0.3, 0.4) is 0 Å². The molecule has 1 N–H and O–H groups in total. The Bertz CT molecular complexity index is 1300. The van der Waals surface area contributed by atoms with E-state index in [9.17, 15) is 14.7 Å². The number of aromatic hydroxyl groups is 1. The second-order valence-electron chi connectivity index (χ2n) is 7.71. The number of benzene rings is 2. The van der Waals surface area contributed by atoms with E-state index in [0.717, 1.165) is 11.3 Å². The number of aryl methyl sites for hydroxylation is 1. The fraction of sp³-hybridized carbons (Fsp3) is 0.240. The van der Waals surface area contributed by atoms with E-state index in [1.807, 2.05) is 74.3 Å². The minimum atomic E-state index is -0.453. The largest absolute Gasteiger partial charge is 0.506 e. The van der Waals surface area contributed by atoms with Crippen LogP contribution in [0.5, 0.6) is 5.75 Å². The van der Waals surface area contributed by atoms with Crippen molar-refractivity contribution in [1.29, 1.82) is 0 Å². The number of likely N-dealkylation sites (N-methyl/N-ethyl adjacent to an activating group) is 1. The van der Waals surface area contributed by atoms with E-state index in [0.29, 0.717) is 28.9 Å². The highest BCUT2D eigenvalue weighted by Gasteiger charge is 2.37. The molecule has 0 aliphatic carbocycles. The van der Waals surface area contributed by atoms with Crippen LogP contribution in [0.15, 0.2) is 75.8 Å². The molecule has 0 saturated heterocycles. The normalized spacial score (nSPS) is 17.2. The van der Waals surface area contributed by atoms with E-state index in [2.05, 4.69) is 4.99 Å². The van der Waals surface area contributed by atoms with Crippen molar-refractivity contribution in [3.63, 3.8) is 0 Å². The third-order valence-electron chi connectivity index (χ3n) is 5.96. The first kappa shape index (κ1) is 20.6. The van der Waals surface area contributed by atoms with Gasteiger partial charge in [0, 0.05) is 24.7 Å². The summed E-state index contributed by atoms with van der Waals surface area (Å²) < 4.78 is 1.61. The van der Waals surface area contributed by atoms with Gasteiger partial charge in [-0.1, -0.05) is 42.5 Å². The summed E-state index contributed by atoms with van der Waals surface area (Å²) in [4.78, 5) is 32.9. The van der Waals surface area contributed by atoms with Crippen LogP contribution < -0.4 is 5.56 Å². The van der Waals surface area contributed by atoms with E-state index in [1.54, 1.807) is 17.6 Å². The van der Waals surface area contributed by atoms with Crippen LogP contribution in [-0.2, 0) is 11.3 Å². The fourth-order valence-corrected chi connectivity index (χ4v) is 4.24. The minimum absolute atomic E-state index is 0.108. The van der Waals surface area contributed by atoms with Gasteiger partial charge < -0.3 is 14.6 Å². The van der Waals surface area contributed by atoms with Gasteiger partial charge in [0.25, 0.3) is 5.56 Å². The lowest BCUT2D eigenvalue weighted by Gasteiger charge is -2.22. The maximum absolute atomic E-state index is 13.2. The zero-order valence-electron chi connectivity index (χ0n) is 18.1. The highest BCUT2D eigenvalue weighted by Crippen LogP contribution is 2.36. The molecule has 3 aromatic rings. The van der Waals surface area contributed by atoms with Crippen LogP contribution in [0.25, 0.3) is 10.9 Å². The highest BCUT2D eigenvalue weighted by atomic mass is 16.3. The van der Waals surface area contributed by atoms with Crippen molar-refractivity contribution < 1.29 is 9.90 Å². The second-order valence-corrected chi connectivity index (χ2v) is 7.71. The van der Waals surface area contributed by atoms with E-state index in [4.69, 9.17) is 0 Å². The first-order chi connectivity index (χ1) is 14.9. The van der Waals surface area contributed by atoms with Crippen molar-refractivity contribution in [3.8, 4) is 5.75 Å². The molecule has 2 aromatic carbocycles. The van der Waals surface area contributed by atoms with Crippen molar-refractivity contribution in [1.82, 2.24) is 9.47 Å². The molecule has 0 fully saturated rings. The molecule has 158 valence electrons. The SMILES string of the molecule is CCn1c(=O)c(C(C)=NC2=C(C)N(C)[C@H](c3ccccc3)C2=O)c(O)c2ccccc21. The van der Waals surface area contributed by atoms with Gasteiger partial charge in [-0.05, 0) is 38.5 Å². The predicted octanol–water partition coefficient (Wildman–Crippen LogP) is 4.02. The number of para-hydroxylation sites is 1. The number of Topliss-reactive ketones (excluding diaryl/α,β-unsaturated/α-hetero) is 1. The zero-order valence-corrected chi connectivity index (χ0v) is 18.1. The number of nitrogens with zero attached hydrogens (tertiary/aromatic N) is 3. The van der Waals surface area contributed by atoms with Crippen molar-refractivity contribution >= 4 is 22.4 Å². The molecule has 31 heavy (non-hydrogen) atoms. The topological polar surface area (TPSA) is 74.9 Å². The van der Waals surface area contributed by atoms with Crippen molar-refractivity contribution in [2.75, 3.05) is 7.05 Å². The molecule has 6 nitrogen and oxygen atoms in total. The lowest BCUT2D eigenvalue weighted by atomic mass is 10.0. The van der Waals surface area contributed by atoms with Crippen LogP contribution in [-0.4, -0.2) is 33.1 Å². The Hall–Kier alpha value is -3.67. The summed E-state index contributed by atoms with van der Waals surface area (Å²) in [5.41, 5.74) is 2.72. The van der Waals surface area contributed by atoms with Crippen LogP contribution in [0, 0.1) is 0 Å². The summed E-state index contributed by atoms with van der Waals surface area (Å²) in [5, 5.41) is 11.5. The zero-order chi connectivity index (χ0) is 22.3. The van der Waals surface area contributed by atoms with Crippen LogP contribution >= 0.6 is 0 Å². The minimum Gasteiger partial charge on any atom is -0.506 e. The van der Waals surface area contributed by atoms with E-state index < -0.39 is 6.04 Å². The number of carbonyl (C=O) groups is 1. The number of hydrogen-bond acceptors (Lipinski definition) is 5. The maximum Gasteiger partial charge on any atom is 0.263 e. The third-order valence-corrected chi connectivity index (χ3v) is 5.96. The average Bonchev–Trinajstić information content (AvgIpc) is 2.98. The molecule has 0 radical (unpaired) electrons. The van der Waals surface area contributed by atoms with Gasteiger partial charge in [0.15, 0.2) is 0 Å². The maximum atomic E-state index is 13.2. The number of aliphatic imine (C=N–C) groups is 1. The quantitative estimate of drug-likeness (QED) is 0.653. The molecule has 0 unspecified atom stereocenters. The number of allylic oxidation sites excluding steroid dienone is 1. The van der Waals surface area contributed by atoms with Gasteiger partial charge in [-0.3, -0.25) is 9.59 Å². The molecule has 1 aliphatic rings. The number of aromatic nitrogens is 1. The highest BCUT2D eigenvalue weighted by molar-refractivity contribution is 6.10. The molecule has 0 amide bonds. The van der Waals surface area contributed by atoms with Gasteiger partial charge in [-0.2, -0.15) is 0 Å². The molecule has 0 bridgehead atoms. The van der Waals surface area contributed by atoms with Gasteiger partial charge in [0.05, 0.1) is 11.2 Å². The lowest BCUT2D eigenvalue weighted by Crippen LogP contribution is -2.26. The van der Waals surface area contributed by atoms with Gasteiger partial charge in [0.2, 0.25) is 5.78 Å². The summed E-state index contributed by atoms with van der Waals surface area (Å²) >= 11 is 0. The number of hydrogen-bond donors (Lipinski definition) is 1. The summed E-state index contributed by atoms with van der Waals surface area (Å²) in [6.07, 6.45) is 0. The summed E-state index contributed by atoms with van der Waals surface area (Å²) in [6.45, 7) is 5.85. The molecule has 1 aliphatic heterocycles. The monoisotopic (exact) mass is 415 g/mol. The molecule has 2 heterocycles. The van der Waals surface area contributed by atoms with E-state index >= 15 is 0 Å². The lowest BCUT2D eigenvalue weighted by molar-refractivity contribution is -0.118. The Kier molecular flexibility index (Phi) is 5.23. The van der Waals surface area contributed by atoms with Crippen molar-refractivity contribution in [3.05, 3.63) is 87.5 Å². The van der Waals surface area contributed by atoms with Gasteiger partial charge in [0.1, 0.15) is 23.1 Å². The van der Waals surface area contributed by atoms with Crippen LogP contribution in [0.1, 0.15) is 37.9 Å². The first-order valence-corrected chi connectivity index (χ1v) is 10.3. The number of fused-ring (bicyclic) bond motifs is 1. The second kappa shape index (κ2) is 7.87. The Morgan fingerprint density at radius 2 is 1.71 bits per heavy atom. The molecular formula is C25H25N3O3. The molecule has 1 aromatic heterocycles. The van der Waals surface area contributed by atoms with Gasteiger partial charge >= 0.3 is 0 Å². The molecule has 1 atom stereocenters. The van der Waals surface area contributed by atoms with Gasteiger partial charge in [-0.15, -0.1) is 0 Å². The van der Waals surface area contributed by atoms with E-state index in [1.165, 1.54) is 0 Å². The molecule has 0 spiro atoms. The predicted molar refractivity (Wildman–Crippen MR) is 122 cm³/mol. The molecular weight excluding hydrogens is 390 g/mol. The van der Waals surface area contributed by atoms with E-state index in [-0.39, 0.29) is 22.7 Å². The molecule has 0 saturated carbocycles. The Balaban J connectivity index is 1.85. The standard InChI is InChI=1S/C25H25N3O3/c1-5-28-19-14-10-9-13-18(19)23(29)20(25(28)31)15(2)26-21-16(3)27(4)22(24(21)30)17-11-7-6-8-12-17/h6-14,22,29H,5H2,1-4H3/t22-/m1/s1. The Labute approximate surface area is 180 Å². The molecule has 4 rings (SSSR count).